The first-order valence-electron chi connectivity index (χ1n) is 10.5. The smallest absolute Gasteiger partial charge is 0.387 e. The van der Waals surface area contributed by atoms with E-state index in [2.05, 4.69) is 20.4 Å². The maximum absolute atomic E-state index is 12.6. The van der Waals surface area contributed by atoms with Crippen LogP contribution in [0.15, 0.2) is 23.2 Å². The molecule has 0 aromatic heterocycles. The molecule has 1 saturated carbocycles. The Morgan fingerprint density at radius 1 is 1.29 bits per heavy atom. The Hall–Kier alpha value is -1.17. The molecule has 0 bridgehead atoms. The van der Waals surface area contributed by atoms with Crippen LogP contribution in [0.2, 0.25) is 0 Å². The number of hydrogen-bond acceptors (Lipinski definition) is 4. The number of methoxy groups -OCH3 is 1. The molecule has 1 aliphatic carbocycles. The van der Waals surface area contributed by atoms with Crippen molar-refractivity contribution in [2.45, 2.75) is 63.9 Å². The summed E-state index contributed by atoms with van der Waals surface area (Å²) in [4.78, 5) is 4.62. The summed E-state index contributed by atoms with van der Waals surface area (Å²) in [5, 5.41) is 6.96. The van der Waals surface area contributed by atoms with Gasteiger partial charge in [0.25, 0.3) is 0 Å². The Bertz CT molecular complexity index is 725. The van der Waals surface area contributed by atoms with Gasteiger partial charge in [0.1, 0.15) is 0 Å². The maximum atomic E-state index is 12.6. The molecule has 10 heteroatoms. The fourth-order valence-corrected chi connectivity index (χ4v) is 4.97. The molecular formula is C21H34F2IN3O3S. The molecule has 0 spiro atoms. The quantitative estimate of drug-likeness (QED) is 0.251. The molecule has 6 nitrogen and oxygen atoms in total. The van der Waals surface area contributed by atoms with Crippen molar-refractivity contribution in [3.63, 3.8) is 0 Å². The van der Waals surface area contributed by atoms with E-state index in [0.29, 0.717) is 18.7 Å². The van der Waals surface area contributed by atoms with Crippen LogP contribution in [0.25, 0.3) is 0 Å². The molecular weight excluding hydrogens is 539 g/mol. The third-order valence-corrected chi connectivity index (χ3v) is 6.82. The highest BCUT2D eigenvalue weighted by molar-refractivity contribution is 14.0. The van der Waals surface area contributed by atoms with Crippen LogP contribution in [0.3, 0.4) is 0 Å². The van der Waals surface area contributed by atoms with Gasteiger partial charge in [-0.15, -0.1) is 24.0 Å². The minimum absolute atomic E-state index is 0. The number of rotatable bonds is 10. The van der Waals surface area contributed by atoms with E-state index in [1.54, 1.807) is 12.1 Å². The van der Waals surface area contributed by atoms with Crippen LogP contribution in [0.4, 0.5) is 8.78 Å². The Labute approximate surface area is 203 Å². The van der Waals surface area contributed by atoms with Gasteiger partial charge in [-0.3, -0.25) is 9.20 Å². The minimum atomic E-state index is -2.90. The lowest BCUT2D eigenvalue weighted by molar-refractivity contribution is -0.0512. The number of alkyl halides is 2. The van der Waals surface area contributed by atoms with Crippen molar-refractivity contribution in [3.05, 3.63) is 23.8 Å². The van der Waals surface area contributed by atoms with Gasteiger partial charge in [-0.1, -0.05) is 19.4 Å². The molecule has 0 heterocycles. The molecule has 3 unspecified atom stereocenters. The lowest BCUT2D eigenvalue weighted by Crippen LogP contribution is -2.46. The van der Waals surface area contributed by atoms with Crippen molar-refractivity contribution in [2.24, 2.45) is 4.99 Å². The van der Waals surface area contributed by atoms with E-state index in [1.807, 2.05) is 19.9 Å². The number of nitrogens with one attached hydrogen (secondary N) is 2. The molecule has 2 rings (SSSR count). The summed E-state index contributed by atoms with van der Waals surface area (Å²) in [5.41, 5.74) is 0.835. The average molecular weight is 573 g/mol. The molecule has 178 valence electrons. The zero-order chi connectivity index (χ0) is 21.9. The Kier molecular flexibility index (Phi) is 13.3. The van der Waals surface area contributed by atoms with Crippen LogP contribution in [0, 0.1) is 0 Å². The number of benzene rings is 1. The standard InChI is InChI=1S/C21H33F2N3O3S.HI/c1-4-24-21(26-16-7-6-8-17(14-16)30(27)5-2)25-12-11-15-9-10-18(28-3)19(13-15)29-20(22)23;/h9-10,13,16-17,20H,4-8,11-12,14H2,1-3H3,(H2,24,25,26);1H. The normalized spacial score (nSPS) is 20.0. The van der Waals surface area contributed by atoms with Crippen molar-refractivity contribution < 1.29 is 22.5 Å². The second-order valence-corrected chi connectivity index (χ2v) is 9.18. The zero-order valence-electron chi connectivity index (χ0n) is 18.4. The number of guanidine groups is 1. The van der Waals surface area contributed by atoms with Crippen molar-refractivity contribution in [2.75, 3.05) is 26.0 Å². The molecule has 0 amide bonds. The largest absolute Gasteiger partial charge is 0.493 e. The second kappa shape index (κ2) is 14.8. The predicted octanol–water partition coefficient (Wildman–Crippen LogP) is 4.09. The van der Waals surface area contributed by atoms with E-state index in [4.69, 9.17) is 4.74 Å². The van der Waals surface area contributed by atoms with E-state index >= 15 is 0 Å². The average Bonchev–Trinajstić information content (AvgIpc) is 2.73. The summed E-state index contributed by atoms with van der Waals surface area (Å²) in [6, 6.07) is 5.26. The van der Waals surface area contributed by atoms with Gasteiger partial charge in [0, 0.05) is 40.9 Å². The van der Waals surface area contributed by atoms with Crippen LogP contribution in [0.5, 0.6) is 11.5 Å². The summed E-state index contributed by atoms with van der Waals surface area (Å²) in [6.45, 7) is 2.29. The second-order valence-electron chi connectivity index (χ2n) is 7.17. The Morgan fingerprint density at radius 2 is 2.06 bits per heavy atom. The van der Waals surface area contributed by atoms with Gasteiger partial charge < -0.3 is 20.1 Å². The first kappa shape index (κ1) is 27.9. The highest BCUT2D eigenvalue weighted by Gasteiger charge is 2.26. The van der Waals surface area contributed by atoms with E-state index in [9.17, 15) is 13.0 Å². The van der Waals surface area contributed by atoms with Gasteiger partial charge in [-0.2, -0.15) is 8.78 Å². The molecule has 1 fully saturated rings. The van der Waals surface area contributed by atoms with Crippen LogP contribution in [-0.2, 0) is 17.2 Å². The summed E-state index contributed by atoms with van der Waals surface area (Å²) in [7, 11) is 0.646. The lowest BCUT2D eigenvalue weighted by Gasteiger charge is -2.30. The molecule has 0 aliphatic heterocycles. The van der Waals surface area contributed by atoms with Gasteiger partial charge in [-0.05, 0) is 50.3 Å². The topological polar surface area (TPSA) is 72.0 Å². The highest BCUT2D eigenvalue weighted by atomic mass is 127. The molecule has 0 saturated heterocycles. The predicted molar refractivity (Wildman–Crippen MR) is 133 cm³/mol. The van der Waals surface area contributed by atoms with Gasteiger partial charge in [0.2, 0.25) is 0 Å². The number of aliphatic imine (C=N–C) groups is 1. The monoisotopic (exact) mass is 573 g/mol. The van der Waals surface area contributed by atoms with Crippen molar-refractivity contribution in [1.29, 1.82) is 0 Å². The van der Waals surface area contributed by atoms with Crippen molar-refractivity contribution >= 4 is 40.7 Å². The number of halogens is 3. The molecule has 1 aliphatic rings. The first-order valence-corrected chi connectivity index (χ1v) is 11.9. The molecule has 2 N–H and O–H groups in total. The van der Waals surface area contributed by atoms with Gasteiger partial charge in [0.15, 0.2) is 17.5 Å². The van der Waals surface area contributed by atoms with Crippen LogP contribution in [-0.4, -0.2) is 54.0 Å². The number of hydrogen-bond donors (Lipinski definition) is 2. The van der Waals surface area contributed by atoms with Crippen LogP contribution >= 0.6 is 24.0 Å². The third-order valence-electron chi connectivity index (χ3n) is 5.08. The van der Waals surface area contributed by atoms with Gasteiger partial charge in [-0.25, -0.2) is 0 Å². The number of ether oxygens (including phenoxy) is 2. The van der Waals surface area contributed by atoms with Crippen LogP contribution in [0.1, 0.15) is 45.1 Å². The zero-order valence-corrected chi connectivity index (χ0v) is 21.5. The SMILES string of the molecule is CCNC(=NCCc1ccc(OC)c(OC(F)F)c1)NC1CCCC(S(=O)CC)C1.I. The number of nitrogens with zero attached hydrogens (tertiary/aromatic N) is 1. The van der Waals surface area contributed by atoms with Crippen LogP contribution < -0.4 is 20.1 Å². The third kappa shape index (κ3) is 9.46. The lowest BCUT2D eigenvalue weighted by atomic mass is 9.95. The molecule has 31 heavy (non-hydrogen) atoms. The minimum Gasteiger partial charge on any atom is -0.493 e. The highest BCUT2D eigenvalue weighted by Crippen LogP contribution is 2.29. The summed E-state index contributed by atoms with van der Waals surface area (Å²) >= 11 is 0. The fraction of sp³-hybridized carbons (Fsp3) is 0.667. The fourth-order valence-electron chi connectivity index (χ4n) is 3.63. The Morgan fingerprint density at radius 3 is 2.71 bits per heavy atom. The summed E-state index contributed by atoms with van der Waals surface area (Å²) < 4.78 is 47.0. The summed E-state index contributed by atoms with van der Waals surface area (Å²) in [5.74, 6) is 1.72. The van der Waals surface area contributed by atoms with Crippen molar-refractivity contribution in [1.82, 2.24) is 10.6 Å². The summed E-state index contributed by atoms with van der Waals surface area (Å²) in [6.07, 6.45) is 4.58. The molecule has 1 aromatic carbocycles. The molecule has 3 atom stereocenters. The van der Waals surface area contributed by atoms with Crippen molar-refractivity contribution in [3.8, 4) is 11.5 Å². The van der Waals surface area contributed by atoms with E-state index in [0.717, 1.165) is 43.8 Å². The Balaban J connectivity index is 0.00000480. The maximum Gasteiger partial charge on any atom is 0.387 e. The molecule has 1 aromatic rings. The van der Waals surface area contributed by atoms with Gasteiger partial charge in [0.05, 0.1) is 7.11 Å². The molecule has 0 radical (unpaired) electrons. The van der Waals surface area contributed by atoms with E-state index in [-0.39, 0.29) is 46.8 Å². The van der Waals surface area contributed by atoms with E-state index < -0.39 is 17.4 Å². The van der Waals surface area contributed by atoms with E-state index in [1.165, 1.54) is 7.11 Å². The van der Waals surface area contributed by atoms with Gasteiger partial charge >= 0.3 is 6.61 Å². The first-order chi connectivity index (χ1) is 14.5.